The maximum atomic E-state index is 12.1. The van der Waals surface area contributed by atoms with Gasteiger partial charge in [-0.25, -0.2) is 13.1 Å². The molecule has 2 rings (SSSR count). The van der Waals surface area contributed by atoms with Crippen molar-refractivity contribution in [3.63, 3.8) is 0 Å². The number of aromatic amines is 1. The number of hydrogen-bond donors (Lipinski definition) is 3. The summed E-state index contributed by atoms with van der Waals surface area (Å²) in [6.45, 7) is 1.87. The quantitative estimate of drug-likeness (QED) is 0.709. The minimum Gasteiger partial charge on any atom is -0.469 e. The van der Waals surface area contributed by atoms with Crippen molar-refractivity contribution >= 4 is 10.0 Å². The van der Waals surface area contributed by atoms with Gasteiger partial charge in [0.2, 0.25) is 0 Å². The highest BCUT2D eigenvalue weighted by molar-refractivity contribution is 7.89. The first-order chi connectivity index (χ1) is 9.03. The molecule has 0 spiro atoms. The van der Waals surface area contributed by atoms with Crippen LogP contribution in [-0.4, -0.2) is 24.7 Å². The molecule has 0 aromatic carbocycles. The lowest BCUT2D eigenvalue weighted by atomic mass is 10.2. The molecule has 0 aliphatic rings. The van der Waals surface area contributed by atoms with Crippen molar-refractivity contribution < 1.29 is 12.8 Å². The Morgan fingerprint density at radius 1 is 1.58 bits per heavy atom. The first-order valence-corrected chi connectivity index (χ1v) is 7.28. The van der Waals surface area contributed by atoms with E-state index in [-0.39, 0.29) is 17.6 Å². The van der Waals surface area contributed by atoms with Gasteiger partial charge in [-0.15, -0.1) is 0 Å². The molecule has 0 bridgehead atoms. The lowest BCUT2D eigenvalue weighted by molar-refractivity contribution is 0.478. The van der Waals surface area contributed by atoms with Gasteiger partial charge in [-0.1, -0.05) is 0 Å². The Hall–Kier alpha value is -1.64. The van der Waals surface area contributed by atoms with Gasteiger partial charge in [0.25, 0.3) is 10.0 Å². The van der Waals surface area contributed by atoms with E-state index in [4.69, 9.17) is 10.2 Å². The van der Waals surface area contributed by atoms with Gasteiger partial charge in [0.1, 0.15) is 5.76 Å². The van der Waals surface area contributed by atoms with Gasteiger partial charge in [-0.05, 0) is 19.1 Å². The zero-order valence-corrected chi connectivity index (χ0v) is 11.3. The van der Waals surface area contributed by atoms with Crippen LogP contribution in [0.2, 0.25) is 0 Å². The molecule has 2 aromatic heterocycles. The highest BCUT2D eigenvalue weighted by Crippen LogP contribution is 2.12. The summed E-state index contributed by atoms with van der Waals surface area (Å²) >= 11 is 0. The SMILES string of the molecule is CC(Cc1ccco1)NS(=O)(=O)c1[nH]ncc1CN. The summed E-state index contributed by atoms with van der Waals surface area (Å²) in [5.74, 6) is 0.721. The number of H-pyrrole nitrogens is 1. The van der Waals surface area contributed by atoms with Gasteiger partial charge < -0.3 is 10.2 Å². The van der Waals surface area contributed by atoms with Gasteiger partial charge in [0.05, 0.1) is 12.5 Å². The van der Waals surface area contributed by atoms with E-state index in [1.807, 2.05) is 0 Å². The molecule has 0 radical (unpaired) electrons. The Morgan fingerprint density at radius 3 is 3.00 bits per heavy atom. The third kappa shape index (κ3) is 3.22. The number of hydrogen-bond acceptors (Lipinski definition) is 5. The second-order valence-corrected chi connectivity index (χ2v) is 5.89. The van der Waals surface area contributed by atoms with Crippen LogP contribution in [0.25, 0.3) is 0 Å². The highest BCUT2D eigenvalue weighted by Gasteiger charge is 2.22. The van der Waals surface area contributed by atoms with E-state index in [2.05, 4.69) is 14.9 Å². The van der Waals surface area contributed by atoms with Crippen LogP contribution >= 0.6 is 0 Å². The maximum absolute atomic E-state index is 12.1. The van der Waals surface area contributed by atoms with E-state index >= 15 is 0 Å². The highest BCUT2D eigenvalue weighted by atomic mass is 32.2. The molecule has 104 valence electrons. The van der Waals surface area contributed by atoms with Crippen molar-refractivity contribution in [2.24, 2.45) is 5.73 Å². The first-order valence-electron chi connectivity index (χ1n) is 5.80. The van der Waals surface area contributed by atoms with Crippen LogP contribution in [-0.2, 0) is 23.0 Å². The summed E-state index contributed by atoms with van der Waals surface area (Å²) in [6, 6.07) is 3.26. The van der Waals surface area contributed by atoms with Crippen LogP contribution < -0.4 is 10.5 Å². The third-order valence-electron chi connectivity index (χ3n) is 2.61. The van der Waals surface area contributed by atoms with Gasteiger partial charge in [0.15, 0.2) is 5.03 Å². The Bertz CT molecular complexity index is 618. The fourth-order valence-electron chi connectivity index (χ4n) is 1.77. The minimum atomic E-state index is -3.65. The molecular formula is C11H16N4O3S. The standard InChI is InChI=1S/C11H16N4O3S/c1-8(5-10-3-2-4-18-10)15-19(16,17)11-9(6-12)7-13-14-11/h2-4,7-8,15H,5-6,12H2,1H3,(H,13,14). The smallest absolute Gasteiger partial charge is 0.258 e. The molecule has 1 unspecified atom stereocenters. The van der Waals surface area contributed by atoms with E-state index < -0.39 is 10.0 Å². The number of sulfonamides is 1. The van der Waals surface area contributed by atoms with Crippen molar-refractivity contribution in [3.8, 4) is 0 Å². The third-order valence-corrected chi connectivity index (χ3v) is 4.21. The summed E-state index contributed by atoms with van der Waals surface area (Å²) in [4.78, 5) is 0. The zero-order chi connectivity index (χ0) is 13.9. The van der Waals surface area contributed by atoms with Gasteiger partial charge in [-0.2, -0.15) is 5.10 Å². The average Bonchev–Trinajstić information content (AvgIpc) is 2.97. The van der Waals surface area contributed by atoms with E-state index in [1.54, 1.807) is 25.3 Å². The van der Waals surface area contributed by atoms with Crippen LogP contribution in [0.5, 0.6) is 0 Å². The molecule has 0 saturated carbocycles. The summed E-state index contributed by atoms with van der Waals surface area (Å²) < 4.78 is 32.0. The zero-order valence-electron chi connectivity index (χ0n) is 10.5. The molecular weight excluding hydrogens is 268 g/mol. The fraction of sp³-hybridized carbons (Fsp3) is 0.364. The molecule has 2 heterocycles. The maximum Gasteiger partial charge on any atom is 0.258 e. The van der Waals surface area contributed by atoms with Crippen molar-refractivity contribution in [2.75, 3.05) is 0 Å². The number of nitrogens with zero attached hydrogens (tertiary/aromatic N) is 1. The lowest BCUT2D eigenvalue weighted by Crippen LogP contribution is -2.34. The predicted molar refractivity (Wildman–Crippen MR) is 68.7 cm³/mol. The molecule has 0 saturated heterocycles. The van der Waals surface area contributed by atoms with E-state index in [1.165, 1.54) is 6.20 Å². The second-order valence-electron chi connectivity index (χ2n) is 4.23. The molecule has 7 nitrogen and oxygen atoms in total. The van der Waals surface area contributed by atoms with Crippen LogP contribution in [0.4, 0.5) is 0 Å². The molecule has 19 heavy (non-hydrogen) atoms. The van der Waals surface area contributed by atoms with Crippen molar-refractivity contribution in [2.45, 2.75) is 31.0 Å². The topological polar surface area (TPSA) is 114 Å². The molecule has 8 heteroatoms. The van der Waals surface area contributed by atoms with Gasteiger partial charge in [0, 0.05) is 24.6 Å². The molecule has 0 amide bonds. The van der Waals surface area contributed by atoms with E-state index in [0.29, 0.717) is 12.0 Å². The summed E-state index contributed by atoms with van der Waals surface area (Å²) in [7, 11) is -3.65. The van der Waals surface area contributed by atoms with Crippen LogP contribution in [0.15, 0.2) is 34.0 Å². The molecule has 2 aromatic rings. The molecule has 4 N–H and O–H groups in total. The fourth-order valence-corrected chi connectivity index (χ4v) is 3.16. The second kappa shape index (κ2) is 5.55. The number of nitrogens with one attached hydrogen (secondary N) is 2. The van der Waals surface area contributed by atoms with Crippen molar-refractivity contribution in [1.82, 2.24) is 14.9 Å². The summed E-state index contributed by atoms with van der Waals surface area (Å²) in [5, 5.41) is 6.17. The summed E-state index contributed by atoms with van der Waals surface area (Å²) in [5.41, 5.74) is 5.92. The first kappa shape index (κ1) is 13.8. The van der Waals surface area contributed by atoms with Crippen molar-refractivity contribution in [1.29, 1.82) is 0 Å². The lowest BCUT2D eigenvalue weighted by Gasteiger charge is -2.12. The van der Waals surface area contributed by atoms with Gasteiger partial charge >= 0.3 is 0 Å². The Balaban J connectivity index is 2.09. The number of aromatic nitrogens is 2. The largest absolute Gasteiger partial charge is 0.469 e. The van der Waals surface area contributed by atoms with E-state index in [9.17, 15) is 8.42 Å². The Kier molecular flexibility index (Phi) is 4.03. The molecule has 1 atom stereocenters. The van der Waals surface area contributed by atoms with Crippen molar-refractivity contribution in [3.05, 3.63) is 35.9 Å². The number of nitrogens with two attached hydrogens (primary N) is 1. The molecule has 0 aliphatic carbocycles. The van der Waals surface area contributed by atoms with Crippen LogP contribution in [0.1, 0.15) is 18.2 Å². The monoisotopic (exact) mass is 284 g/mol. The number of rotatable bonds is 6. The Labute approximate surface area is 111 Å². The summed E-state index contributed by atoms with van der Waals surface area (Å²) in [6.07, 6.45) is 3.43. The molecule has 0 fully saturated rings. The number of furan rings is 1. The average molecular weight is 284 g/mol. The van der Waals surface area contributed by atoms with Crippen LogP contribution in [0, 0.1) is 0 Å². The normalized spacial score (nSPS) is 13.6. The van der Waals surface area contributed by atoms with Crippen LogP contribution in [0.3, 0.4) is 0 Å². The minimum absolute atomic E-state index is 0.0151. The van der Waals surface area contributed by atoms with Gasteiger partial charge in [-0.3, -0.25) is 5.10 Å². The predicted octanol–water partition coefficient (Wildman–Crippen LogP) is 0.371. The van der Waals surface area contributed by atoms with E-state index in [0.717, 1.165) is 5.76 Å². The Morgan fingerprint density at radius 2 is 2.37 bits per heavy atom. The molecule has 0 aliphatic heterocycles.